The Kier molecular flexibility index (Phi) is 4.83. The van der Waals surface area contributed by atoms with Crippen LogP contribution in [0, 0.1) is 0 Å². The summed E-state index contributed by atoms with van der Waals surface area (Å²) >= 11 is 0. The number of likely N-dealkylation sites (tertiary alicyclic amines) is 1. The Morgan fingerprint density at radius 2 is 2.00 bits per heavy atom. The molecule has 1 aromatic carbocycles. The maximum atomic E-state index is 6.28. The van der Waals surface area contributed by atoms with Crippen molar-refractivity contribution in [1.82, 2.24) is 4.90 Å². The van der Waals surface area contributed by atoms with Crippen molar-refractivity contribution in [2.75, 3.05) is 13.1 Å². The minimum atomic E-state index is 0.219. The molecule has 1 aromatic rings. The molecule has 3 nitrogen and oxygen atoms in total. The van der Waals surface area contributed by atoms with Crippen LogP contribution in [-0.2, 0) is 0 Å². The van der Waals surface area contributed by atoms with E-state index in [1.165, 1.54) is 12.0 Å². The molecule has 0 saturated carbocycles. The summed E-state index contributed by atoms with van der Waals surface area (Å²) in [6, 6.07) is 9.07. The second-order valence-corrected chi connectivity index (χ2v) is 5.67. The predicted octanol–water partition coefficient (Wildman–Crippen LogP) is 2.96. The molecule has 0 amide bonds. The van der Waals surface area contributed by atoms with Crippen LogP contribution in [0.25, 0.3) is 0 Å². The Labute approximate surface area is 116 Å². The highest BCUT2D eigenvalue weighted by Crippen LogP contribution is 2.32. The Morgan fingerprint density at radius 3 is 2.58 bits per heavy atom. The Hall–Kier alpha value is -1.06. The van der Waals surface area contributed by atoms with Gasteiger partial charge in [-0.1, -0.05) is 19.1 Å². The van der Waals surface area contributed by atoms with Crippen molar-refractivity contribution < 1.29 is 4.74 Å². The van der Waals surface area contributed by atoms with Gasteiger partial charge in [0.2, 0.25) is 0 Å². The zero-order valence-electron chi connectivity index (χ0n) is 12.3. The van der Waals surface area contributed by atoms with Crippen LogP contribution < -0.4 is 10.5 Å². The van der Waals surface area contributed by atoms with Gasteiger partial charge in [0.15, 0.2) is 0 Å². The van der Waals surface area contributed by atoms with Gasteiger partial charge < -0.3 is 10.5 Å². The van der Waals surface area contributed by atoms with Crippen LogP contribution in [-0.4, -0.2) is 30.1 Å². The zero-order chi connectivity index (χ0) is 13.8. The molecular weight excluding hydrogens is 236 g/mol. The van der Waals surface area contributed by atoms with Gasteiger partial charge in [-0.3, -0.25) is 4.90 Å². The summed E-state index contributed by atoms with van der Waals surface area (Å²) in [4.78, 5) is 2.50. The Balaban J connectivity index is 2.11. The summed E-state index contributed by atoms with van der Waals surface area (Å²) in [5.41, 5.74) is 7.59. The van der Waals surface area contributed by atoms with Crippen LogP contribution in [0.15, 0.2) is 24.3 Å². The second-order valence-electron chi connectivity index (χ2n) is 5.67. The predicted molar refractivity (Wildman–Crippen MR) is 79.4 cm³/mol. The van der Waals surface area contributed by atoms with Crippen molar-refractivity contribution in [3.8, 4) is 5.75 Å². The molecule has 0 aliphatic carbocycles. The lowest BCUT2D eigenvalue weighted by Gasteiger charge is -2.27. The molecule has 106 valence electrons. The van der Waals surface area contributed by atoms with Crippen LogP contribution >= 0.6 is 0 Å². The third kappa shape index (κ3) is 3.48. The van der Waals surface area contributed by atoms with E-state index < -0.39 is 0 Å². The van der Waals surface area contributed by atoms with Crippen LogP contribution in [0.5, 0.6) is 5.75 Å². The van der Waals surface area contributed by atoms with Crippen molar-refractivity contribution >= 4 is 0 Å². The summed E-state index contributed by atoms with van der Waals surface area (Å²) in [6.45, 7) is 8.56. The monoisotopic (exact) mass is 262 g/mol. The lowest BCUT2D eigenvalue weighted by Crippen LogP contribution is -2.32. The largest absolute Gasteiger partial charge is 0.491 e. The average molecular weight is 262 g/mol. The molecule has 1 fully saturated rings. The SMILES string of the molecule is CCCN1CCC(N)C1c1ccc(OC(C)C)cc1. The molecule has 0 radical (unpaired) electrons. The maximum Gasteiger partial charge on any atom is 0.119 e. The molecule has 2 atom stereocenters. The van der Waals surface area contributed by atoms with Gasteiger partial charge in [-0.25, -0.2) is 0 Å². The van der Waals surface area contributed by atoms with Crippen LogP contribution in [0.3, 0.4) is 0 Å². The quantitative estimate of drug-likeness (QED) is 0.886. The van der Waals surface area contributed by atoms with E-state index in [0.717, 1.165) is 25.3 Å². The molecule has 1 aliphatic heterocycles. The van der Waals surface area contributed by atoms with E-state index in [9.17, 15) is 0 Å². The topological polar surface area (TPSA) is 38.5 Å². The lowest BCUT2D eigenvalue weighted by molar-refractivity contribution is 0.239. The molecule has 19 heavy (non-hydrogen) atoms. The van der Waals surface area contributed by atoms with E-state index in [4.69, 9.17) is 10.5 Å². The van der Waals surface area contributed by atoms with E-state index in [-0.39, 0.29) is 12.1 Å². The molecule has 0 bridgehead atoms. The van der Waals surface area contributed by atoms with Gasteiger partial charge in [0.25, 0.3) is 0 Å². The molecule has 1 saturated heterocycles. The molecule has 2 N–H and O–H groups in total. The van der Waals surface area contributed by atoms with Gasteiger partial charge in [-0.15, -0.1) is 0 Å². The van der Waals surface area contributed by atoms with Crippen molar-refractivity contribution in [2.24, 2.45) is 5.73 Å². The van der Waals surface area contributed by atoms with Gasteiger partial charge in [0.1, 0.15) is 5.75 Å². The van der Waals surface area contributed by atoms with Gasteiger partial charge >= 0.3 is 0 Å². The first kappa shape index (κ1) is 14.4. The first-order valence-corrected chi connectivity index (χ1v) is 7.38. The summed E-state index contributed by atoms with van der Waals surface area (Å²) in [7, 11) is 0. The lowest BCUT2D eigenvalue weighted by atomic mass is 10.0. The first-order chi connectivity index (χ1) is 9.11. The van der Waals surface area contributed by atoms with E-state index in [1.54, 1.807) is 0 Å². The smallest absolute Gasteiger partial charge is 0.119 e. The fraction of sp³-hybridized carbons (Fsp3) is 0.625. The number of nitrogens with zero attached hydrogens (tertiary/aromatic N) is 1. The highest BCUT2D eigenvalue weighted by molar-refractivity contribution is 5.30. The van der Waals surface area contributed by atoms with E-state index >= 15 is 0 Å². The second kappa shape index (κ2) is 6.40. The number of rotatable bonds is 5. The zero-order valence-corrected chi connectivity index (χ0v) is 12.3. The summed E-state index contributed by atoms with van der Waals surface area (Å²) in [5, 5.41) is 0. The Bertz CT molecular complexity index is 386. The van der Waals surface area contributed by atoms with Crippen LogP contribution in [0.2, 0.25) is 0 Å². The molecular formula is C16H26N2O. The summed E-state index contributed by atoms with van der Waals surface area (Å²) < 4.78 is 5.69. The standard InChI is InChI=1S/C16H26N2O/c1-4-10-18-11-9-15(17)16(18)13-5-7-14(8-6-13)19-12(2)3/h5-8,12,15-16H,4,9-11,17H2,1-3H3. The third-order valence-corrected chi connectivity index (χ3v) is 3.65. The van der Waals surface area contributed by atoms with Gasteiger partial charge in [-0.05, 0) is 50.9 Å². The highest BCUT2D eigenvalue weighted by atomic mass is 16.5. The first-order valence-electron chi connectivity index (χ1n) is 7.38. The maximum absolute atomic E-state index is 6.28. The number of nitrogens with two attached hydrogens (primary N) is 1. The van der Waals surface area contributed by atoms with Crippen molar-refractivity contribution in [3.63, 3.8) is 0 Å². The number of hydrogen-bond acceptors (Lipinski definition) is 3. The highest BCUT2D eigenvalue weighted by Gasteiger charge is 2.32. The number of hydrogen-bond donors (Lipinski definition) is 1. The summed E-state index contributed by atoms with van der Waals surface area (Å²) in [6.07, 6.45) is 2.49. The van der Waals surface area contributed by atoms with E-state index in [1.807, 2.05) is 13.8 Å². The van der Waals surface area contributed by atoms with Gasteiger partial charge in [-0.2, -0.15) is 0 Å². The van der Waals surface area contributed by atoms with Crippen molar-refractivity contribution in [1.29, 1.82) is 0 Å². The molecule has 2 rings (SSSR count). The fourth-order valence-corrected chi connectivity index (χ4v) is 2.89. The van der Waals surface area contributed by atoms with E-state index in [0.29, 0.717) is 6.04 Å². The normalized spacial score (nSPS) is 24.1. The van der Waals surface area contributed by atoms with Gasteiger partial charge in [0.05, 0.1) is 6.10 Å². The average Bonchev–Trinajstić information content (AvgIpc) is 2.72. The third-order valence-electron chi connectivity index (χ3n) is 3.65. The number of benzene rings is 1. The minimum absolute atomic E-state index is 0.219. The molecule has 1 heterocycles. The molecule has 0 aromatic heterocycles. The Morgan fingerprint density at radius 1 is 1.32 bits per heavy atom. The van der Waals surface area contributed by atoms with E-state index in [2.05, 4.69) is 36.1 Å². The minimum Gasteiger partial charge on any atom is -0.491 e. The van der Waals surface area contributed by atoms with Crippen molar-refractivity contribution in [3.05, 3.63) is 29.8 Å². The molecule has 2 unspecified atom stereocenters. The fourth-order valence-electron chi connectivity index (χ4n) is 2.89. The van der Waals surface area contributed by atoms with Crippen LogP contribution in [0.1, 0.15) is 45.2 Å². The van der Waals surface area contributed by atoms with Gasteiger partial charge in [0, 0.05) is 18.6 Å². The molecule has 3 heteroatoms. The van der Waals surface area contributed by atoms with Crippen molar-refractivity contribution in [2.45, 2.75) is 51.8 Å². The number of ether oxygens (including phenoxy) is 1. The summed E-state index contributed by atoms with van der Waals surface area (Å²) in [5.74, 6) is 0.937. The molecule has 0 spiro atoms. The molecule has 1 aliphatic rings. The van der Waals surface area contributed by atoms with Crippen LogP contribution in [0.4, 0.5) is 0 Å².